The smallest absolute Gasteiger partial charge is 0.248 e. The molecule has 0 aromatic carbocycles. The summed E-state index contributed by atoms with van der Waals surface area (Å²) < 4.78 is 28.6. The molecule has 0 amide bonds. The van der Waals surface area contributed by atoms with Crippen molar-refractivity contribution in [2.75, 3.05) is 5.73 Å². The van der Waals surface area contributed by atoms with Gasteiger partial charge in [0.1, 0.15) is 4.90 Å². The first-order valence-corrected chi connectivity index (χ1v) is 8.12. The van der Waals surface area contributed by atoms with Gasteiger partial charge in [-0.1, -0.05) is 6.07 Å². The largest absolute Gasteiger partial charge is 0.381 e. The highest BCUT2D eigenvalue weighted by molar-refractivity contribution is 7.89. The third kappa shape index (κ3) is 2.77. The average molecular weight is 307 g/mol. The van der Waals surface area contributed by atoms with Crippen LogP contribution < -0.4 is 5.73 Å². The molecule has 0 atom stereocenters. The molecule has 0 bridgehead atoms. The van der Waals surface area contributed by atoms with Gasteiger partial charge in [-0.2, -0.15) is 9.40 Å². The molecule has 0 radical (unpaired) electrons. The Kier molecular flexibility index (Phi) is 3.42. The van der Waals surface area contributed by atoms with Crippen LogP contribution in [0.1, 0.15) is 18.4 Å². The minimum absolute atomic E-state index is 0.0364. The van der Waals surface area contributed by atoms with Crippen molar-refractivity contribution >= 4 is 15.8 Å². The van der Waals surface area contributed by atoms with E-state index in [-0.39, 0.29) is 16.8 Å². The molecule has 1 saturated carbocycles. The van der Waals surface area contributed by atoms with Crippen molar-refractivity contribution < 1.29 is 8.42 Å². The van der Waals surface area contributed by atoms with Gasteiger partial charge in [-0.25, -0.2) is 8.42 Å². The summed E-state index contributed by atoms with van der Waals surface area (Å²) in [5, 5.41) is 3.92. The molecular formula is C13H17N5O2S. The second kappa shape index (κ2) is 5.12. The first-order valence-electron chi connectivity index (χ1n) is 6.68. The Balaban J connectivity index is 1.95. The van der Waals surface area contributed by atoms with Gasteiger partial charge >= 0.3 is 0 Å². The highest BCUT2D eigenvalue weighted by Gasteiger charge is 2.39. The van der Waals surface area contributed by atoms with E-state index in [4.69, 9.17) is 5.73 Å². The van der Waals surface area contributed by atoms with Crippen LogP contribution in [-0.4, -0.2) is 33.5 Å². The summed E-state index contributed by atoms with van der Waals surface area (Å²) >= 11 is 0. The molecular weight excluding hydrogens is 290 g/mol. The number of aryl methyl sites for hydroxylation is 1. The molecule has 0 spiro atoms. The van der Waals surface area contributed by atoms with Gasteiger partial charge in [0.2, 0.25) is 10.0 Å². The van der Waals surface area contributed by atoms with Crippen LogP contribution in [0.25, 0.3) is 0 Å². The minimum atomic E-state index is -3.65. The molecule has 112 valence electrons. The highest BCUT2D eigenvalue weighted by atomic mass is 32.2. The van der Waals surface area contributed by atoms with Crippen molar-refractivity contribution in [3.63, 3.8) is 0 Å². The molecule has 3 rings (SSSR count). The number of aromatic nitrogens is 3. The second-order valence-corrected chi connectivity index (χ2v) is 7.05. The molecule has 1 fully saturated rings. The molecule has 2 aromatic rings. The lowest BCUT2D eigenvalue weighted by Gasteiger charge is -2.21. The van der Waals surface area contributed by atoms with Gasteiger partial charge in [0, 0.05) is 38.2 Å². The van der Waals surface area contributed by atoms with Crippen LogP contribution in [0, 0.1) is 0 Å². The van der Waals surface area contributed by atoms with E-state index in [1.165, 1.54) is 15.2 Å². The molecule has 0 saturated heterocycles. The number of hydrogen-bond acceptors (Lipinski definition) is 5. The number of nitrogens with two attached hydrogens (primary N) is 1. The van der Waals surface area contributed by atoms with E-state index in [0.717, 1.165) is 18.4 Å². The summed E-state index contributed by atoms with van der Waals surface area (Å²) in [5.41, 5.74) is 6.59. The minimum Gasteiger partial charge on any atom is -0.381 e. The Morgan fingerprint density at radius 3 is 2.76 bits per heavy atom. The summed E-state index contributed by atoms with van der Waals surface area (Å²) in [4.78, 5) is 4.10. The number of anilines is 1. The molecule has 0 unspecified atom stereocenters. The Hall–Kier alpha value is -1.93. The molecule has 0 aliphatic heterocycles. The van der Waals surface area contributed by atoms with E-state index in [2.05, 4.69) is 10.1 Å². The maximum atomic E-state index is 12.8. The Bertz CT molecular complexity index is 737. The molecule has 1 aliphatic carbocycles. The summed E-state index contributed by atoms with van der Waals surface area (Å²) in [6.45, 7) is 0.301. The summed E-state index contributed by atoms with van der Waals surface area (Å²) in [7, 11) is -2.00. The van der Waals surface area contributed by atoms with E-state index in [0.29, 0.717) is 6.54 Å². The third-order valence-electron chi connectivity index (χ3n) is 3.42. The standard InChI is InChI=1S/C13H17N5O2S/c1-17-9-12(13(14)16-17)21(19,20)18(11-4-5-11)8-10-3-2-6-15-7-10/h2-3,6-7,9,11H,4-5,8H2,1H3,(H2,14,16). The van der Waals surface area contributed by atoms with Gasteiger partial charge in [0.05, 0.1) is 0 Å². The number of nitrogens with zero attached hydrogens (tertiary/aromatic N) is 4. The van der Waals surface area contributed by atoms with E-state index in [9.17, 15) is 8.42 Å². The Morgan fingerprint density at radius 2 is 2.24 bits per heavy atom. The van der Waals surface area contributed by atoms with E-state index >= 15 is 0 Å². The average Bonchev–Trinajstić information content (AvgIpc) is 3.21. The summed E-state index contributed by atoms with van der Waals surface area (Å²) in [6, 6.07) is 3.70. The molecule has 2 heterocycles. The lowest BCUT2D eigenvalue weighted by molar-refractivity contribution is 0.398. The van der Waals surface area contributed by atoms with Crippen molar-refractivity contribution in [1.29, 1.82) is 0 Å². The van der Waals surface area contributed by atoms with Gasteiger partial charge in [-0.15, -0.1) is 0 Å². The number of sulfonamides is 1. The Morgan fingerprint density at radius 1 is 1.48 bits per heavy atom. The normalized spacial score (nSPS) is 15.5. The zero-order valence-electron chi connectivity index (χ0n) is 11.7. The maximum Gasteiger partial charge on any atom is 0.248 e. The van der Waals surface area contributed by atoms with Crippen molar-refractivity contribution in [2.45, 2.75) is 30.3 Å². The lowest BCUT2D eigenvalue weighted by atomic mass is 10.3. The monoisotopic (exact) mass is 307 g/mol. The van der Waals surface area contributed by atoms with E-state index in [1.807, 2.05) is 6.07 Å². The zero-order valence-corrected chi connectivity index (χ0v) is 12.5. The molecule has 1 aliphatic rings. The predicted octanol–water partition coefficient (Wildman–Crippen LogP) is 0.751. The topological polar surface area (TPSA) is 94.1 Å². The molecule has 2 N–H and O–H groups in total. The second-order valence-electron chi connectivity index (χ2n) is 5.19. The quantitative estimate of drug-likeness (QED) is 0.879. The fourth-order valence-corrected chi connectivity index (χ4v) is 4.02. The predicted molar refractivity (Wildman–Crippen MR) is 77.6 cm³/mol. The molecule has 21 heavy (non-hydrogen) atoms. The Labute approximate surface area is 123 Å². The van der Waals surface area contributed by atoms with Crippen LogP contribution in [0.2, 0.25) is 0 Å². The summed E-state index contributed by atoms with van der Waals surface area (Å²) in [6.07, 6.45) is 6.54. The lowest BCUT2D eigenvalue weighted by Crippen LogP contribution is -2.33. The van der Waals surface area contributed by atoms with Crippen LogP contribution in [0.4, 0.5) is 5.82 Å². The SMILES string of the molecule is Cn1cc(S(=O)(=O)N(Cc2cccnc2)C2CC2)c(N)n1. The number of hydrogen-bond donors (Lipinski definition) is 1. The fourth-order valence-electron chi connectivity index (χ4n) is 2.25. The van der Waals surface area contributed by atoms with E-state index in [1.54, 1.807) is 25.5 Å². The van der Waals surface area contributed by atoms with Gasteiger partial charge in [0.15, 0.2) is 5.82 Å². The van der Waals surface area contributed by atoms with Crippen LogP contribution in [0.3, 0.4) is 0 Å². The van der Waals surface area contributed by atoms with Gasteiger partial charge in [0.25, 0.3) is 0 Å². The van der Waals surface area contributed by atoms with E-state index < -0.39 is 10.0 Å². The van der Waals surface area contributed by atoms with Gasteiger partial charge in [-0.3, -0.25) is 9.67 Å². The highest BCUT2D eigenvalue weighted by Crippen LogP contribution is 2.34. The van der Waals surface area contributed by atoms with Crippen LogP contribution in [-0.2, 0) is 23.6 Å². The van der Waals surface area contributed by atoms with Crippen molar-refractivity contribution in [2.24, 2.45) is 7.05 Å². The van der Waals surface area contributed by atoms with Crippen molar-refractivity contribution in [1.82, 2.24) is 19.1 Å². The third-order valence-corrected chi connectivity index (χ3v) is 5.34. The van der Waals surface area contributed by atoms with Crippen LogP contribution >= 0.6 is 0 Å². The van der Waals surface area contributed by atoms with Gasteiger partial charge in [-0.05, 0) is 24.5 Å². The first-order chi connectivity index (χ1) is 9.98. The van der Waals surface area contributed by atoms with Crippen molar-refractivity contribution in [3.05, 3.63) is 36.3 Å². The summed E-state index contributed by atoms with van der Waals surface area (Å²) in [5.74, 6) is 0.0364. The number of pyridine rings is 1. The van der Waals surface area contributed by atoms with Crippen LogP contribution in [0.5, 0.6) is 0 Å². The van der Waals surface area contributed by atoms with Gasteiger partial charge < -0.3 is 5.73 Å². The fraction of sp³-hybridized carbons (Fsp3) is 0.385. The molecule has 7 nitrogen and oxygen atoms in total. The molecule has 2 aromatic heterocycles. The molecule has 8 heteroatoms. The number of nitrogen functional groups attached to an aromatic ring is 1. The maximum absolute atomic E-state index is 12.8. The van der Waals surface area contributed by atoms with Crippen LogP contribution in [0.15, 0.2) is 35.6 Å². The first kappa shape index (κ1) is 14.0. The zero-order chi connectivity index (χ0) is 15.0. The van der Waals surface area contributed by atoms with Crippen molar-refractivity contribution in [3.8, 4) is 0 Å². The number of rotatable bonds is 5.